The average Bonchev–Trinajstić information content (AvgIpc) is 2.58. The smallest absolute Gasteiger partial charge is 0.354 e. The number of aromatic nitrogens is 2. The SMILES string of the molecule is Cc1cccn2c(C(=O)O)c(C(C)C)nc12. The third kappa shape index (κ3) is 1.46. The predicted octanol–water partition coefficient (Wildman–Crippen LogP) is 2.46. The van der Waals surface area contributed by atoms with Crippen LogP contribution in [0.3, 0.4) is 0 Å². The van der Waals surface area contributed by atoms with Gasteiger partial charge >= 0.3 is 5.97 Å². The molecule has 0 spiro atoms. The zero-order valence-electron chi connectivity index (χ0n) is 9.56. The van der Waals surface area contributed by atoms with Crippen molar-refractivity contribution >= 4 is 11.6 Å². The van der Waals surface area contributed by atoms with Crippen molar-refractivity contribution in [3.8, 4) is 0 Å². The monoisotopic (exact) mass is 218 g/mol. The summed E-state index contributed by atoms with van der Waals surface area (Å²) < 4.78 is 1.65. The molecule has 4 nitrogen and oxygen atoms in total. The lowest BCUT2D eigenvalue weighted by molar-refractivity contribution is 0.0687. The van der Waals surface area contributed by atoms with E-state index in [9.17, 15) is 9.90 Å². The topological polar surface area (TPSA) is 54.6 Å². The van der Waals surface area contributed by atoms with Crippen molar-refractivity contribution in [1.82, 2.24) is 9.38 Å². The van der Waals surface area contributed by atoms with E-state index < -0.39 is 5.97 Å². The normalized spacial score (nSPS) is 11.2. The number of imidazole rings is 1. The first kappa shape index (κ1) is 10.7. The Morgan fingerprint density at radius 3 is 2.75 bits per heavy atom. The van der Waals surface area contributed by atoms with E-state index in [2.05, 4.69) is 4.98 Å². The van der Waals surface area contributed by atoms with E-state index in [0.29, 0.717) is 5.69 Å². The molecule has 0 bridgehead atoms. The summed E-state index contributed by atoms with van der Waals surface area (Å²) in [4.78, 5) is 15.7. The molecule has 0 saturated carbocycles. The summed E-state index contributed by atoms with van der Waals surface area (Å²) >= 11 is 0. The Hall–Kier alpha value is -1.84. The fourth-order valence-electron chi connectivity index (χ4n) is 1.84. The van der Waals surface area contributed by atoms with Gasteiger partial charge in [-0.1, -0.05) is 19.9 Å². The van der Waals surface area contributed by atoms with Crippen molar-refractivity contribution in [3.05, 3.63) is 35.3 Å². The minimum absolute atomic E-state index is 0.102. The fourth-order valence-corrected chi connectivity index (χ4v) is 1.84. The second-order valence-electron chi connectivity index (χ2n) is 4.19. The fraction of sp³-hybridized carbons (Fsp3) is 0.333. The molecule has 0 aliphatic heterocycles. The van der Waals surface area contributed by atoms with Crippen LogP contribution < -0.4 is 0 Å². The largest absolute Gasteiger partial charge is 0.477 e. The van der Waals surface area contributed by atoms with E-state index in [1.165, 1.54) is 0 Å². The van der Waals surface area contributed by atoms with Crippen LogP contribution in [0.1, 0.15) is 41.5 Å². The van der Waals surface area contributed by atoms with Gasteiger partial charge in [0.15, 0.2) is 5.69 Å². The lowest BCUT2D eigenvalue weighted by Gasteiger charge is -2.02. The van der Waals surface area contributed by atoms with Crippen LogP contribution in [0.2, 0.25) is 0 Å². The van der Waals surface area contributed by atoms with Gasteiger partial charge in [0.1, 0.15) is 5.65 Å². The summed E-state index contributed by atoms with van der Waals surface area (Å²) in [6.07, 6.45) is 1.74. The van der Waals surface area contributed by atoms with Crippen LogP contribution in [0.4, 0.5) is 0 Å². The summed E-state index contributed by atoms with van der Waals surface area (Å²) in [5.74, 6) is -0.827. The summed E-state index contributed by atoms with van der Waals surface area (Å²) in [5, 5.41) is 9.23. The van der Waals surface area contributed by atoms with Crippen LogP contribution in [0.5, 0.6) is 0 Å². The molecule has 2 aromatic rings. The summed E-state index contributed by atoms with van der Waals surface area (Å²) in [6, 6.07) is 3.76. The van der Waals surface area contributed by atoms with Gasteiger partial charge in [-0.2, -0.15) is 0 Å². The number of hydrogen-bond acceptors (Lipinski definition) is 2. The van der Waals surface area contributed by atoms with Gasteiger partial charge in [0, 0.05) is 6.20 Å². The third-order valence-corrected chi connectivity index (χ3v) is 2.62. The number of carboxylic acids is 1. The van der Waals surface area contributed by atoms with Crippen LogP contribution in [-0.4, -0.2) is 20.5 Å². The van der Waals surface area contributed by atoms with Crippen molar-refractivity contribution in [3.63, 3.8) is 0 Å². The van der Waals surface area contributed by atoms with Crippen LogP contribution in [0.15, 0.2) is 18.3 Å². The molecule has 84 valence electrons. The quantitative estimate of drug-likeness (QED) is 0.842. The Bertz CT molecular complexity index is 555. The molecule has 2 aromatic heterocycles. The number of nitrogens with zero attached hydrogens (tertiary/aromatic N) is 2. The molecule has 1 N–H and O–H groups in total. The van der Waals surface area contributed by atoms with Crippen molar-refractivity contribution in [2.24, 2.45) is 0 Å². The first-order valence-corrected chi connectivity index (χ1v) is 5.23. The summed E-state index contributed by atoms with van der Waals surface area (Å²) in [5.41, 5.74) is 2.62. The second kappa shape index (κ2) is 3.63. The molecule has 0 aliphatic carbocycles. The molecule has 0 fully saturated rings. The van der Waals surface area contributed by atoms with Gasteiger partial charge in [-0.3, -0.25) is 4.40 Å². The lowest BCUT2D eigenvalue weighted by Crippen LogP contribution is -2.06. The minimum Gasteiger partial charge on any atom is -0.477 e. The third-order valence-electron chi connectivity index (χ3n) is 2.62. The van der Waals surface area contributed by atoms with Crippen LogP contribution in [0, 0.1) is 6.92 Å². The number of carboxylic acid groups (broad SMARTS) is 1. The highest BCUT2D eigenvalue weighted by atomic mass is 16.4. The Morgan fingerprint density at radius 2 is 2.19 bits per heavy atom. The Labute approximate surface area is 93.5 Å². The molecular weight excluding hydrogens is 204 g/mol. The van der Waals surface area contributed by atoms with E-state index in [0.717, 1.165) is 11.2 Å². The van der Waals surface area contributed by atoms with Gasteiger partial charge in [0.25, 0.3) is 0 Å². The van der Waals surface area contributed by atoms with E-state index in [-0.39, 0.29) is 11.6 Å². The van der Waals surface area contributed by atoms with Crippen molar-refractivity contribution in [1.29, 1.82) is 0 Å². The van der Waals surface area contributed by atoms with Crippen LogP contribution in [-0.2, 0) is 0 Å². The highest BCUT2D eigenvalue weighted by Gasteiger charge is 2.20. The molecule has 0 unspecified atom stereocenters. The Kier molecular flexibility index (Phi) is 2.42. The maximum atomic E-state index is 11.3. The molecule has 2 heterocycles. The van der Waals surface area contributed by atoms with E-state index in [1.54, 1.807) is 10.6 Å². The lowest BCUT2D eigenvalue weighted by atomic mass is 10.1. The number of rotatable bonds is 2. The molecule has 4 heteroatoms. The molecule has 0 aromatic carbocycles. The molecule has 0 amide bonds. The zero-order chi connectivity index (χ0) is 11.9. The van der Waals surface area contributed by atoms with Gasteiger partial charge in [-0.05, 0) is 24.5 Å². The number of hydrogen-bond donors (Lipinski definition) is 1. The molecule has 0 radical (unpaired) electrons. The number of carbonyl (C=O) groups is 1. The molecule has 0 atom stereocenters. The Morgan fingerprint density at radius 1 is 1.50 bits per heavy atom. The minimum atomic E-state index is -0.929. The maximum Gasteiger partial charge on any atom is 0.354 e. The van der Waals surface area contributed by atoms with Gasteiger partial charge in [-0.25, -0.2) is 9.78 Å². The van der Waals surface area contributed by atoms with E-state index in [1.807, 2.05) is 32.9 Å². The first-order chi connectivity index (χ1) is 7.52. The second-order valence-corrected chi connectivity index (χ2v) is 4.19. The number of fused-ring (bicyclic) bond motifs is 1. The van der Waals surface area contributed by atoms with Gasteiger partial charge in [0.2, 0.25) is 0 Å². The van der Waals surface area contributed by atoms with Gasteiger partial charge < -0.3 is 5.11 Å². The highest BCUT2D eigenvalue weighted by molar-refractivity contribution is 5.88. The van der Waals surface area contributed by atoms with Gasteiger partial charge in [0.05, 0.1) is 5.69 Å². The summed E-state index contributed by atoms with van der Waals surface area (Å²) in [6.45, 7) is 5.82. The summed E-state index contributed by atoms with van der Waals surface area (Å²) in [7, 11) is 0. The number of pyridine rings is 1. The molecular formula is C12H14N2O2. The highest BCUT2D eigenvalue weighted by Crippen LogP contribution is 2.22. The van der Waals surface area contributed by atoms with E-state index >= 15 is 0 Å². The van der Waals surface area contributed by atoms with Crippen LogP contribution in [0.25, 0.3) is 5.65 Å². The molecule has 2 rings (SSSR count). The maximum absolute atomic E-state index is 11.3. The number of aryl methyl sites for hydroxylation is 1. The van der Waals surface area contributed by atoms with E-state index in [4.69, 9.17) is 0 Å². The van der Waals surface area contributed by atoms with Crippen molar-refractivity contribution < 1.29 is 9.90 Å². The first-order valence-electron chi connectivity index (χ1n) is 5.23. The standard InChI is InChI=1S/C12H14N2O2/c1-7(2)9-10(12(15)16)14-6-4-5-8(3)11(14)13-9/h4-7H,1-3H3,(H,15,16). The Balaban J connectivity index is 2.86. The van der Waals surface area contributed by atoms with Gasteiger partial charge in [-0.15, -0.1) is 0 Å². The zero-order valence-corrected chi connectivity index (χ0v) is 9.56. The predicted molar refractivity (Wildman–Crippen MR) is 61.0 cm³/mol. The average molecular weight is 218 g/mol. The molecule has 16 heavy (non-hydrogen) atoms. The van der Waals surface area contributed by atoms with Crippen LogP contribution >= 0.6 is 0 Å². The number of aromatic carboxylic acids is 1. The van der Waals surface area contributed by atoms with Crippen molar-refractivity contribution in [2.75, 3.05) is 0 Å². The molecule has 0 aliphatic rings. The molecule has 0 saturated heterocycles. The van der Waals surface area contributed by atoms with Crippen molar-refractivity contribution in [2.45, 2.75) is 26.7 Å².